The number of carboxylic acids is 1. The molecule has 4 unspecified atom stereocenters. The van der Waals surface area contributed by atoms with Crippen LogP contribution in [0.1, 0.15) is 31.9 Å². The Balaban J connectivity index is 1.99. The quantitative estimate of drug-likeness (QED) is 0.653. The molecule has 2 heterocycles. The van der Waals surface area contributed by atoms with E-state index in [0.29, 0.717) is 5.56 Å². The Bertz CT molecular complexity index is 808. The van der Waals surface area contributed by atoms with Crippen molar-refractivity contribution < 1.29 is 37.4 Å². The van der Waals surface area contributed by atoms with E-state index in [1.165, 1.54) is 12.1 Å². The molecule has 2 fully saturated rings. The molecule has 7 nitrogen and oxygen atoms in total. The van der Waals surface area contributed by atoms with Crippen LogP contribution in [0.15, 0.2) is 24.3 Å². The minimum absolute atomic E-state index is 0.0888. The van der Waals surface area contributed by atoms with Crippen LogP contribution < -0.4 is 15.4 Å². The summed E-state index contributed by atoms with van der Waals surface area (Å²) in [5.41, 5.74) is -1.26. The Labute approximate surface area is 158 Å². The van der Waals surface area contributed by atoms with Gasteiger partial charge < -0.3 is 9.84 Å². The molecule has 2 aliphatic rings. The zero-order valence-electron chi connectivity index (χ0n) is 15.0. The molecular formula is C18H19F3N2O5. The van der Waals surface area contributed by atoms with Crippen molar-refractivity contribution in [3.8, 4) is 5.75 Å². The number of rotatable bonds is 5. The Hall–Kier alpha value is -2.62. The van der Waals surface area contributed by atoms with Crippen molar-refractivity contribution in [2.45, 2.75) is 38.2 Å². The van der Waals surface area contributed by atoms with Gasteiger partial charge in [0.1, 0.15) is 11.3 Å². The van der Waals surface area contributed by atoms with Gasteiger partial charge in [-0.05, 0) is 30.0 Å². The number of nitrogens with one attached hydrogen (secondary N) is 2. The predicted molar refractivity (Wildman–Crippen MR) is 89.0 cm³/mol. The number of alkyl halides is 3. The molecule has 1 aromatic rings. The van der Waals surface area contributed by atoms with Crippen molar-refractivity contribution in [2.75, 3.05) is 0 Å². The average Bonchev–Trinajstić information content (AvgIpc) is 3.04. The summed E-state index contributed by atoms with van der Waals surface area (Å²) in [5, 5.41) is 15.0. The Morgan fingerprint density at radius 3 is 2.32 bits per heavy atom. The maximum atomic E-state index is 12.4. The number of benzene rings is 1. The highest BCUT2D eigenvalue weighted by Gasteiger charge is 2.66. The maximum Gasteiger partial charge on any atom is 0.573 e. The van der Waals surface area contributed by atoms with Gasteiger partial charge >= 0.3 is 12.3 Å². The van der Waals surface area contributed by atoms with E-state index in [0.717, 1.165) is 12.1 Å². The molecule has 0 bridgehead atoms. The minimum Gasteiger partial charge on any atom is -0.480 e. The molecule has 2 saturated heterocycles. The fourth-order valence-corrected chi connectivity index (χ4v) is 4.21. The average molecular weight is 400 g/mol. The summed E-state index contributed by atoms with van der Waals surface area (Å²) in [7, 11) is 0. The molecule has 0 radical (unpaired) electrons. The second-order valence-electron chi connectivity index (χ2n) is 7.47. The zero-order valence-corrected chi connectivity index (χ0v) is 15.0. The number of hydrogen-bond acceptors (Lipinski definition) is 5. The standard InChI is InChI=1S/C18H19F3N2O5/c1-8(2)7-17(16(26)27)12-11(14(24)22-15(12)25)13(23-17)9-3-5-10(6-4-9)28-18(19,20)21/h3-6,8,11-13,23H,7H2,1-2H3,(H,26,27)(H,22,24,25). The molecule has 152 valence electrons. The molecule has 1 aromatic carbocycles. The van der Waals surface area contributed by atoms with Crippen LogP contribution in [0.25, 0.3) is 0 Å². The first kappa shape index (κ1) is 20.1. The van der Waals surface area contributed by atoms with E-state index in [-0.39, 0.29) is 12.3 Å². The van der Waals surface area contributed by atoms with E-state index >= 15 is 0 Å². The molecular weight excluding hydrogens is 381 g/mol. The van der Waals surface area contributed by atoms with E-state index in [2.05, 4.69) is 15.4 Å². The molecule has 2 aliphatic heterocycles. The first-order valence-corrected chi connectivity index (χ1v) is 8.66. The molecule has 0 aliphatic carbocycles. The number of carbonyl (C=O) groups excluding carboxylic acids is 2. The van der Waals surface area contributed by atoms with Gasteiger partial charge in [-0.3, -0.25) is 25.0 Å². The SMILES string of the molecule is CC(C)CC1(C(=O)O)NC(c2ccc(OC(F)(F)F)cc2)C2C(=O)NC(=O)C21. The first-order chi connectivity index (χ1) is 12.9. The second kappa shape index (κ2) is 6.77. The highest BCUT2D eigenvalue weighted by atomic mass is 19.4. The van der Waals surface area contributed by atoms with E-state index in [4.69, 9.17) is 0 Å². The van der Waals surface area contributed by atoms with Gasteiger partial charge in [-0.1, -0.05) is 26.0 Å². The Kier molecular flexibility index (Phi) is 4.86. The lowest BCUT2D eigenvalue weighted by atomic mass is 9.75. The Morgan fingerprint density at radius 2 is 1.82 bits per heavy atom. The van der Waals surface area contributed by atoms with E-state index < -0.39 is 53.3 Å². The highest BCUT2D eigenvalue weighted by molar-refractivity contribution is 6.09. The van der Waals surface area contributed by atoms with Crippen LogP contribution in [-0.2, 0) is 14.4 Å². The van der Waals surface area contributed by atoms with Crippen LogP contribution in [0.5, 0.6) is 5.75 Å². The van der Waals surface area contributed by atoms with Gasteiger partial charge in [-0.25, -0.2) is 0 Å². The number of carbonyl (C=O) groups is 3. The minimum atomic E-state index is -4.84. The molecule has 0 aromatic heterocycles. The smallest absolute Gasteiger partial charge is 0.480 e. The topological polar surface area (TPSA) is 105 Å². The summed E-state index contributed by atoms with van der Waals surface area (Å²) in [6.45, 7) is 3.60. The normalized spacial score (nSPS) is 29.7. The third-order valence-corrected chi connectivity index (χ3v) is 5.08. The van der Waals surface area contributed by atoms with Gasteiger partial charge in [-0.2, -0.15) is 0 Å². The number of aliphatic carboxylic acids is 1. The molecule has 3 N–H and O–H groups in total. The van der Waals surface area contributed by atoms with Gasteiger partial charge in [0.25, 0.3) is 0 Å². The largest absolute Gasteiger partial charge is 0.573 e. The van der Waals surface area contributed by atoms with Crippen LogP contribution in [0.3, 0.4) is 0 Å². The predicted octanol–water partition coefficient (Wildman–Crippen LogP) is 1.99. The number of amides is 2. The lowest BCUT2D eigenvalue weighted by molar-refractivity contribution is -0.274. The lowest BCUT2D eigenvalue weighted by Crippen LogP contribution is -2.56. The van der Waals surface area contributed by atoms with Crippen molar-refractivity contribution in [2.24, 2.45) is 17.8 Å². The Morgan fingerprint density at radius 1 is 1.21 bits per heavy atom. The van der Waals surface area contributed by atoms with Crippen LogP contribution >= 0.6 is 0 Å². The maximum absolute atomic E-state index is 12.4. The summed E-state index contributed by atoms with van der Waals surface area (Å²) in [6, 6.07) is 3.96. The second-order valence-corrected chi connectivity index (χ2v) is 7.47. The number of hydrogen-bond donors (Lipinski definition) is 3. The number of fused-ring (bicyclic) bond motifs is 1. The van der Waals surface area contributed by atoms with Gasteiger partial charge in [-0.15, -0.1) is 13.2 Å². The summed E-state index contributed by atoms with van der Waals surface area (Å²) in [6.07, 6.45) is -4.73. The van der Waals surface area contributed by atoms with E-state index in [1.54, 1.807) is 13.8 Å². The molecule has 10 heteroatoms. The first-order valence-electron chi connectivity index (χ1n) is 8.66. The van der Waals surface area contributed by atoms with Crippen LogP contribution in [0.2, 0.25) is 0 Å². The summed E-state index contributed by atoms with van der Waals surface area (Å²) >= 11 is 0. The third kappa shape index (κ3) is 3.44. The molecule has 4 atom stereocenters. The molecule has 3 rings (SSSR count). The fourth-order valence-electron chi connectivity index (χ4n) is 4.21. The van der Waals surface area contributed by atoms with E-state index in [9.17, 15) is 32.7 Å². The molecule has 0 saturated carbocycles. The van der Waals surface area contributed by atoms with E-state index in [1.807, 2.05) is 0 Å². The van der Waals surface area contributed by atoms with Crippen molar-refractivity contribution >= 4 is 17.8 Å². The van der Waals surface area contributed by atoms with Gasteiger partial charge in [0.15, 0.2) is 0 Å². The summed E-state index contributed by atoms with van der Waals surface area (Å²) in [4.78, 5) is 36.9. The molecule has 28 heavy (non-hydrogen) atoms. The monoisotopic (exact) mass is 400 g/mol. The van der Waals surface area contributed by atoms with Gasteiger partial charge in [0.2, 0.25) is 11.8 Å². The van der Waals surface area contributed by atoms with Crippen molar-refractivity contribution in [3.05, 3.63) is 29.8 Å². The third-order valence-electron chi connectivity index (χ3n) is 5.08. The van der Waals surface area contributed by atoms with Crippen LogP contribution in [0.4, 0.5) is 13.2 Å². The summed E-state index contributed by atoms with van der Waals surface area (Å²) in [5.74, 6) is -5.13. The molecule has 2 amide bonds. The van der Waals surface area contributed by atoms with Gasteiger partial charge in [0, 0.05) is 6.04 Å². The highest BCUT2D eigenvalue weighted by Crippen LogP contribution is 2.48. The zero-order chi connectivity index (χ0) is 20.9. The number of carboxylic acid groups (broad SMARTS) is 1. The number of ether oxygens (including phenoxy) is 1. The van der Waals surface area contributed by atoms with Crippen molar-refractivity contribution in [1.29, 1.82) is 0 Å². The van der Waals surface area contributed by atoms with Crippen LogP contribution in [-0.4, -0.2) is 34.8 Å². The van der Waals surface area contributed by atoms with Crippen molar-refractivity contribution in [1.82, 2.24) is 10.6 Å². The number of halogens is 3. The number of imide groups is 1. The molecule has 0 spiro atoms. The summed E-state index contributed by atoms with van der Waals surface area (Å²) < 4.78 is 40.8. The fraction of sp³-hybridized carbons (Fsp3) is 0.500. The van der Waals surface area contributed by atoms with Gasteiger partial charge in [0.05, 0.1) is 11.8 Å². The lowest BCUT2D eigenvalue weighted by Gasteiger charge is -2.31. The van der Waals surface area contributed by atoms with Crippen LogP contribution in [0, 0.1) is 17.8 Å². The van der Waals surface area contributed by atoms with Crippen molar-refractivity contribution in [3.63, 3.8) is 0 Å².